The van der Waals surface area contributed by atoms with Crippen LogP contribution in [0.2, 0.25) is 0 Å². The molecular formula is C21H21NO3. The Labute approximate surface area is 147 Å². The highest BCUT2D eigenvalue weighted by atomic mass is 16.5. The Balaban J connectivity index is 1.54. The van der Waals surface area contributed by atoms with Crippen molar-refractivity contribution in [1.82, 2.24) is 0 Å². The molecule has 1 saturated heterocycles. The minimum atomic E-state index is -0.121. The molecule has 0 N–H and O–H groups in total. The molecule has 1 aliphatic carbocycles. The first-order valence-electron chi connectivity index (χ1n) is 8.86. The van der Waals surface area contributed by atoms with E-state index in [0.29, 0.717) is 11.4 Å². The summed E-state index contributed by atoms with van der Waals surface area (Å²) in [5, 5.41) is 0. The van der Waals surface area contributed by atoms with E-state index in [9.17, 15) is 9.59 Å². The summed E-state index contributed by atoms with van der Waals surface area (Å²) in [5.41, 5.74) is 1.77. The number of carbonyl (C=O) groups is 2. The molecule has 4 rings (SSSR count). The van der Waals surface area contributed by atoms with E-state index in [1.54, 1.807) is 24.3 Å². The normalized spacial score (nSPS) is 22.8. The highest BCUT2D eigenvalue weighted by molar-refractivity contribution is 6.22. The van der Waals surface area contributed by atoms with Crippen LogP contribution in [0.4, 0.5) is 5.69 Å². The van der Waals surface area contributed by atoms with E-state index in [2.05, 4.69) is 0 Å². The van der Waals surface area contributed by atoms with Crippen LogP contribution >= 0.6 is 0 Å². The van der Waals surface area contributed by atoms with Crippen molar-refractivity contribution in [2.24, 2.45) is 11.8 Å². The van der Waals surface area contributed by atoms with Crippen molar-refractivity contribution in [3.63, 3.8) is 0 Å². The van der Waals surface area contributed by atoms with E-state index < -0.39 is 0 Å². The smallest absolute Gasteiger partial charge is 0.237 e. The number of hydrogen-bond donors (Lipinski definition) is 0. The SMILES string of the molecule is Cc1cccc(Oc2ccc(N3C(=O)[C@H]4CCCC[C@H]4C3=O)cc2)c1. The lowest BCUT2D eigenvalue weighted by atomic mass is 9.81. The van der Waals surface area contributed by atoms with Crippen LogP contribution in [-0.4, -0.2) is 11.8 Å². The standard InChI is InChI=1S/C21H21NO3/c1-14-5-4-6-17(13-14)25-16-11-9-15(10-12-16)22-20(23)18-7-2-3-8-19(18)21(22)24/h4-6,9-13,18-19H,2-3,7-8H2,1H3/t18-,19+. The van der Waals surface area contributed by atoms with Gasteiger partial charge in [-0.1, -0.05) is 25.0 Å². The van der Waals surface area contributed by atoms with Crippen LogP contribution in [-0.2, 0) is 9.59 Å². The molecule has 0 bridgehead atoms. The fourth-order valence-electron chi connectivity index (χ4n) is 3.89. The van der Waals surface area contributed by atoms with Crippen LogP contribution < -0.4 is 9.64 Å². The molecule has 0 radical (unpaired) electrons. The van der Waals surface area contributed by atoms with Crippen molar-refractivity contribution in [1.29, 1.82) is 0 Å². The Hall–Kier alpha value is -2.62. The van der Waals surface area contributed by atoms with Gasteiger partial charge in [0.2, 0.25) is 11.8 Å². The fraction of sp³-hybridized carbons (Fsp3) is 0.333. The third kappa shape index (κ3) is 2.93. The Morgan fingerprint density at radius 2 is 1.52 bits per heavy atom. The molecule has 2 atom stereocenters. The third-order valence-corrected chi connectivity index (χ3v) is 5.16. The zero-order chi connectivity index (χ0) is 17.4. The number of ether oxygens (including phenoxy) is 1. The van der Waals surface area contributed by atoms with Crippen molar-refractivity contribution in [2.45, 2.75) is 32.6 Å². The summed E-state index contributed by atoms with van der Waals surface area (Å²) in [4.78, 5) is 26.6. The van der Waals surface area contributed by atoms with Crippen LogP contribution in [0.3, 0.4) is 0 Å². The van der Waals surface area contributed by atoms with Crippen molar-refractivity contribution in [2.75, 3.05) is 4.90 Å². The van der Waals surface area contributed by atoms with Gasteiger partial charge in [0.05, 0.1) is 17.5 Å². The maximum Gasteiger partial charge on any atom is 0.237 e. The number of imide groups is 1. The van der Waals surface area contributed by atoms with Gasteiger partial charge in [-0.2, -0.15) is 0 Å². The maximum absolute atomic E-state index is 12.6. The van der Waals surface area contributed by atoms with Gasteiger partial charge in [0.1, 0.15) is 11.5 Å². The highest BCUT2D eigenvalue weighted by Gasteiger charge is 2.48. The van der Waals surface area contributed by atoms with E-state index >= 15 is 0 Å². The van der Waals surface area contributed by atoms with E-state index in [1.165, 1.54) is 4.90 Å². The Morgan fingerprint density at radius 1 is 0.880 bits per heavy atom. The predicted octanol–water partition coefficient (Wildman–Crippen LogP) is 4.47. The molecule has 25 heavy (non-hydrogen) atoms. The first-order chi connectivity index (χ1) is 12.1. The minimum absolute atomic E-state index is 0.0398. The third-order valence-electron chi connectivity index (χ3n) is 5.16. The van der Waals surface area contributed by atoms with Crippen molar-refractivity contribution in [3.8, 4) is 11.5 Å². The Morgan fingerprint density at radius 3 is 2.12 bits per heavy atom. The molecule has 2 aromatic carbocycles. The van der Waals surface area contributed by atoms with Crippen molar-refractivity contribution >= 4 is 17.5 Å². The lowest BCUT2D eigenvalue weighted by Gasteiger charge is -2.19. The molecular weight excluding hydrogens is 314 g/mol. The van der Waals surface area contributed by atoms with Gasteiger partial charge >= 0.3 is 0 Å². The van der Waals surface area contributed by atoms with Gasteiger partial charge in [-0.05, 0) is 61.7 Å². The second-order valence-electron chi connectivity index (χ2n) is 6.92. The summed E-state index contributed by atoms with van der Waals surface area (Å²) in [7, 11) is 0. The summed E-state index contributed by atoms with van der Waals surface area (Å²) >= 11 is 0. The van der Waals surface area contributed by atoms with Gasteiger partial charge in [0, 0.05) is 0 Å². The lowest BCUT2D eigenvalue weighted by molar-refractivity contribution is -0.122. The number of hydrogen-bond acceptors (Lipinski definition) is 3. The zero-order valence-corrected chi connectivity index (χ0v) is 14.3. The van der Waals surface area contributed by atoms with Gasteiger partial charge < -0.3 is 4.74 Å². The fourth-order valence-corrected chi connectivity index (χ4v) is 3.89. The molecule has 4 heteroatoms. The Bertz CT molecular complexity index is 788. The van der Waals surface area contributed by atoms with E-state index in [1.807, 2.05) is 31.2 Å². The lowest BCUT2D eigenvalue weighted by Crippen LogP contribution is -2.30. The highest BCUT2D eigenvalue weighted by Crippen LogP contribution is 2.40. The molecule has 2 aromatic rings. The van der Waals surface area contributed by atoms with E-state index in [-0.39, 0.29) is 23.7 Å². The van der Waals surface area contributed by atoms with Crippen LogP contribution in [0, 0.1) is 18.8 Å². The molecule has 0 unspecified atom stereocenters. The number of benzene rings is 2. The second-order valence-corrected chi connectivity index (χ2v) is 6.92. The number of rotatable bonds is 3. The van der Waals surface area contributed by atoms with Gasteiger partial charge in [0.15, 0.2) is 0 Å². The second kappa shape index (κ2) is 6.36. The summed E-state index contributed by atoms with van der Waals surface area (Å²) in [5.74, 6) is 1.14. The molecule has 1 aliphatic heterocycles. The molecule has 2 amide bonds. The summed E-state index contributed by atoms with van der Waals surface area (Å²) < 4.78 is 5.84. The largest absolute Gasteiger partial charge is 0.457 e. The van der Waals surface area contributed by atoms with E-state index in [4.69, 9.17) is 4.74 Å². The average molecular weight is 335 g/mol. The van der Waals surface area contributed by atoms with Crippen LogP contribution in [0.25, 0.3) is 0 Å². The topological polar surface area (TPSA) is 46.6 Å². The van der Waals surface area contributed by atoms with Gasteiger partial charge in [-0.25, -0.2) is 0 Å². The zero-order valence-electron chi connectivity index (χ0n) is 14.3. The molecule has 0 aromatic heterocycles. The minimum Gasteiger partial charge on any atom is -0.457 e. The van der Waals surface area contributed by atoms with Crippen LogP contribution in [0.1, 0.15) is 31.2 Å². The van der Waals surface area contributed by atoms with Crippen molar-refractivity contribution in [3.05, 3.63) is 54.1 Å². The molecule has 1 heterocycles. The van der Waals surface area contributed by atoms with Crippen molar-refractivity contribution < 1.29 is 14.3 Å². The summed E-state index contributed by atoms with van der Waals surface area (Å²) in [6.45, 7) is 2.01. The monoisotopic (exact) mass is 335 g/mol. The number of amides is 2. The summed E-state index contributed by atoms with van der Waals surface area (Å²) in [6, 6.07) is 15.0. The molecule has 4 nitrogen and oxygen atoms in total. The van der Waals surface area contributed by atoms with Gasteiger partial charge in [0.25, 0.3) is 0 Å². The number of nitrogens with zero attached hydrogens (tertiary/aromatic N) is 1. The number of aryl methyl sites for hydroxylation is 1. The first kappa shape index (κ1) is 15.9. The van der Waals surface area contributed by atoms with Crippen LogP contribution in [0.5, 0.6) is 11.5 Å². The van der Waals surface area contributed by atoms with Gasteiger partial charge in [-0.3, -0.25) is 14.5 Å². The van der Waals surface area contributed by atoms with Crippen LogP contribution in [0.15, 0.2) is 48.5 Å². The van der Waals surface area contributed by atoms with E-state index in [0.717, 1.165) is 37.0 Å². The number of carbonyl (C=O) groups excluding carboxylic acids is 2. The number of fused-ring (bicyclic) bond motifs is 1. The molecule has 1 saturated carbocycles. The first-order valence-corrected chi connectivity index (χ1v) is 8.86. The number of anilines is 1. The Kier molecular flexibility index (Phi) is 4.04. The molecule has 128 valence electrons. The molecule has 2 aliphatic rings. The average Bonchev–Trinajstić information content (AvgIpc) is 2.87. The predicted molar refractivity (Wildman–Crippen MR) is 95.6 cm³/mol. The molecule has 2 fully saturated rings. The quantitative estimate of drug-likeness (QED) is 0.778. The molecule has 0 spiro atoms. The van der Waals surface area contributed by atoms with Gasteiger partial charge in [-0.15, -0.1) is 0 Å². The maximum atomic E-state index is 12.6. The summed E-state index contributed by atoms with van der Waals surface area (Å²) in [6.07, 6.45) is 3.75.